The Kier molecular flexibility index (Phi) is 2.60. The molecule has 1 aromatic heterocycles. The minimum absolute atomic E-state index is 0.238. The topological polar surface area (TPSA) is 76.2 Å². The number of benzene rings is 1. The molecule has 2 N–H and O–H groups in total. The van der Waals surface area contributed by atoms with Gasteiger partial charge >= 0.3 is 0 Å². The Morgan fingerprint density at radius 3 is 3.11 bits per heavy atom. The van der Waals surface area contributed by atoms with Crippen LogP contribution in [0.1, 0.15) is 16.2 Å². The quantitative estimate of drug-likeness (QED) is 0.848. The van der Waals surface area contributed by atoms with Crippen molar-refractivity contribution in [2.45, 2.75) is 6.54 Å². The monoisotopic (exact) mass is 245 g/mol. The zero-order chi connectivity index (χ0) is 12.4. The minimum Gasteiger partial charge on any atom is -0.454 e. The van der Waals surface area contributed by atoms with Crippen molar-refractivity contribution in [1.82, 2.24) is 15.3 Å². The summed E-state index contributed by atoms with van der Waals surface area (Å²) < 4.78 is 10.5. The zero-order valence-corrected chi connectivity index (χ0v) is 9.47. The van der Waals surface area contributed by atoms with E-state index in [4.69, 9.17) is 9.47 Å². The molecule has 0 atom stereocenters. The number of imidazole rings is 1. The molecule has 6 heteroatoms. The van der Waals surface area contributed by atoms with Gasteiger partial charge in [-0.3, -0.25) is 4.79 Å². The van der Waals surface area contributed by atoms with Gasteiger partial charge in [0.1, 0.15) is 0 Å². The molecule has 1 aliphatic rings. The van der Waals surface area contributed by atoms with Gasteiger partial charge in [0.05, 0.1) is 0 Å². The third-order valence-corrected chi connectivity index (χ3v) is 2.60. The molecule has 0 bridgehead atoms. The van der Waals surface area contributed by atoms with E-state index in [9.17, 15) is 4.79 Å². The van der Waals surface area contributed by atoms with E-state index in [0.717, 1.165) is 11.3 Å². The maximum absolute atomic E-state index is 11.7. The van der Waals surface area contributed by atoms with Gasteiger partial charge in [-0.05, 0) is 17.7 Å². The molecular weight excluding hydrogens is 234 g/mol. The summed E-state index contributed by atoms with van der Waals surface area (Å²) in [4.78, 5) is 18.3. The summed E-state index contributed by atoms with van der Waals surface area (Å²) in [6.07, 6.45) is 3.14. The number of nitrogens with zero attached hydrogens (tertiary/aromatic N) is 1. The molecular formula is C12H11N3O3. The molecule has 18 heavy (non-hydrogen) atoms. The van der Waals surface area contributed by atoms with Crippen LogP contribution in [0.15, 0.2) is 30.6 Å². The molecule has 92 valence electrons. The lowest BCUT2D eigenvalue weighted by Crippen LogP contribution is -2.23. The standard InChI is InChI=1S/C12H11N3O3/c16-12(11-13-3-4-14-11)15-6-8-1-2-9-10(5-8)18-7-17-9/h1-5H,6-7H2,(H,13,14)(H,15,16). The number of carbonyl (C=O) groups excluding carboxylic acids is 1. The Balaban J connectivity index is 1.65. The van der Waals surface area contributed by atoms with Gasteiger partial charge in [-0.2, -0.15) is 0 Å². The number of aromatic nitrogens is 2. The lowest BCUT2D eigenvalue weighted by atomic mass is 10.2. The Labute approximate surface area is 103 Å². The Morgan fingerprint density at radius 1 is 1.39 bits per heavy atom. The third-order valence-electron chi connectivity index (χ3n) is 2.60. The maximum atomic E-state index is 11.7. The lowest BCUT2D eigenvalue weighted by Gasteiger charge is -2.04. The molecule has 1 amide bonds. The van der Waals surface area contributed by atoms with Gasteiger partial charge < -0.3 is 19.8 Å². The number of amides is 1. The fourth-order valence-corrected chi connectivity index (χ4v) is 1.71. The number of aromatic amines is 1. The first-order valence-corrected chi connectivity index (χ1v) is 5.49. The highest BCUT2D eigenvalue weighted by Crippen LogP contribution is 2.32. The number of hydrogen-bond acceptors (Lipinski definition) is 4. The normalized spacial score (nSPS) is 12.4. The molecule has 0 spiro atoms. The van der Waals surface area contributed by atoms with E-state index in [-0.39, 0.29) is 12.7 Å². The van der Waals surface area contributed by atoms with E-state index in [1.165, 1.54) is 6.20 Å². The second kappa shape index (κ2) is 4.40. The van der Waals surface area contributed by atoms with Crippen molar-refractivity contribution in [3.63, 3.8) is 0 Å². The Morgan fingerprint density at radius 2 is 2.28 bits per heavy atom. The Bertz CT molecular complexity index is 566. The molecule has 2 heterocycles. The summed E-state index contributed by atoms with van der Waals surface area (Å²) >= 11 is 0. The predicted molar refractivity (Wildman–Crippen MR) is 62.3 cm³/mol. The highest BCUT2D eigenvalue weighted by Gasteiger charge is 2.13. The zero-order valence-electron chi connectivity index (χ0n) is 9.47. The van der Waals surface area contributed by atoms with Crippen LogP contribution in [0.4, 0.5) is 0 Å². The molecule has 0 saturated carbocycles. The predicted octanol–water partition coefficient (Wildman–Crippen LogP) is 1.07. The van der Waals surface area contributed by atoms with Crippen LogP contribution in [-0.4, -0.2) is 22.7 Å². The van der Waals surface area contributed by atoms with E-state index in [1.807, 2.05) is 18.2 Å². The minimum atomic E-state index is -0.238. The summed E-state index contributed by atoms with van der Waals surface area (Å²) in [6.45, 7) is 0.660. The molecule has 1 aromatic carbocycles. The van der Waals surface area contributed by atoms with Gasteiger partial charge in [-0.1, -0.05) is 6.07 Å². The van der Waals surface area contributed by atoms with E-state index in [1.54, 1.807) is 6.20 Å². The molecule has 1 aliphatic heterocycles. The number of H-pyrrole nitrogens is 1. The Hall–Kier alpha value is -2.50. The number of carbonyl (C=O) groups is 1. The first-order valence-electron chi connectivity index (χ1n) is 5.49. The number of nitrogens with one attached hydrogen (secondary N) is 2. The van der Waals surface area contributed by atoms with E-state index in [0.29, 0.717) is 18.1 Å². The molecule has 3 rings (SSSR count). The van der Waals surface area contributed by atoms with Crippen LogP contribution in [0.2, 0.25) is 0 Å². The van der Waals surface area contributed by atoms with Crippen molar-refractivity contribution in [3.8, 4) is 11.5 Å². The maximum Gasteiger partial charge on any atom is 0.287 e. The molecule has 6 nitrogen and oxygen atoms in total. The first kappa shape index (κ1) is 10.6. The largest absolute Gasteiger partial charge is 0.454 e. The second-order valence-corrected chi connectivity index (χ2v) is 3.81. The van der Waals surface area contributed by atoms with Crippen molar-refractivity contribution in [3.05, 3.63) is 42.0 Å². The van der Waals surface area contributed by atoms with Gasteiger partial charge in [0, 0.05) is 18.9 Å². The molecule has 2 aromatic rings. The van der Waals surface area contributed by atoms with E-state index in [2.05, 4.69) is 15.3 Å². The van der Waals surface area contributed by atoms with Gasteiger partial charge in [-0.15, -0.1) is 0 Å². The van der Waals surface area contributed by atoms with Gasteiger partial charge in [0.2, 0.25) is 6.79 Å². The SMILES string of the molecule is O=C(NCc1ccc2c(c1)OCO2)c1ncc[nH]1. The molecule has 0 aliphatic carbocycles. The molecule has 0 radical (unpaired) electrons. The lowest BCUT2D eigenvalue weighted by molar-refractivity contribution is 0.0941. The van der Waals surface area contributed by atoms with Crippen molar-refractivity contribution in [2.24, 2.45) is 0 Å². The summed E-state index contributed by atoms with van der Waals surface area (Å²) in [7, 11) is 0. The van der Waals surface area contributed by atoms with Crippen LogP contribution < -0.4 is 14.8 Å². The summed E-state index contributed by atoms with van der Waals surface area (Å²) in [6, 6.07) is 5.57. The van der Waals surface area contributed by atoms with Crippen LogP contribution in [-0.2, 0) is 6.54 Å². The summed E-state index contributed by atoms with van der Waals surface area (Å²) in [5.41, 5.74) is 0.944. The highest BCUT2D eigenvalue weighted by molar-refractivity contribution is 5.90. The number of rotatable bonds is 3. The fourth-order valence-electron chi connectivity index (χ4n) is 1.71. The first-order chi connectivity index (χ1) is 8.83. The highest BCUT2D eigenvalue weighted by atomic mass is 16.7. The number of fused-ring (bicyclic) bond motifs is 1. The van der Waals surface area contributed by atoms with Gasteiger partial charge in [0.15, 0.2) is 17.3 Å². The summed E-state index contributed by atoms with van der Waals surface area (Å²) in [5, 5.41) is 2.76. The average Bonchev–Trinajstić information content (AvgIpc) is 3.05. The van der Waals surface area contributed by atoms with Crippen molar-refractivity contribution < 1.29 is 14.3 Å². The number of hydrogen-bond donors (Lipinski definition) is 2. The van der Waals surface area contributed by atoms with Crippen LogP contribution in [0, 0.1) is 0 Å². The average molecular weight is 245 g/mol. The van der Waals surface area contributed by atoms with Crippen molar-refractivity contribution in [1.29, 1.82) is 0 Å². The molecule has 0 unspecified atom stereocenters. The van der Waals surface area contributed by atoms with Crippen molar-refractivity contribution >= 4 is 5.91 Å². The third kappa shape index (κ3) is 2.00. The fraction of sp³-hybridized carbons (Fsp3) is 0.167. The van der Waals surface area contributed by atoms with Crippen molar-refractivity contribution in [2.75, 3.05) is 6.79 Å². The number of ether oxygens (including phenoxy) is 2. The van der Waals surface area contributed by atoms with Gasteiger partial charge in [-0.25, -0.2) is 4.98 Å². The second-order valence-electron chi connectivity index (χ2n) is 3.81. The van der Waals surface area contributed by atoms with Crippen LogP contribution >= 0.6 is 0 Å². The molecule has 0 saturated heterocycles. The van der Waals surface area contributed by atoms with Crippen LogP contribution in [0.5, 0.6) is 11.5 Å². The summed E-state index contributed by atoms with van der Waals surface area (Å²) in [5.74, 6) is 1.50. The van der Waals surface area contributed by atoms with Crippen LogP contribution in [0.25, 0.3) is 0 Å². The van der Waals surface area contributed by atoms with E-state index < -0.39 is 0 Å². The van der Waals surface area contributed by atoms with Crippen LogP contribution in [0.3, 0.4) is 0 Å². The molecule has 0 fully saturated rings. The van der Waals surface area contributed by atoms with E-state index >= 15 is 0 Å². The van der Waals surface area contributed by atoms with Gasteiger partial charge in [0.25, 0.3) is 5.91 Å². The smallest absolute Gasteiger partial charge is 0.287 e.